The number of aromatic amines is 1. The third-order valence-corrected chi connectivity index (χ3v) is 15.7. The summed E-state index contributed by atoms with van der Waals surface area (Å²) < 4.78 is 23.0. The van der Waals surface area contributed by atoms with Crippen molar-refractivity contribution in [1.29, 1.82) is 0 Å². The average molecular weight is 825 g/mol. The molecule has 2 aromatic carbocycles. The molecular formula is C46H56N4O10. The van der Waals surface area contributed by atoms with Crippen molar-refractivity contribution in [2.24, 2.45) is 17.3 Å². The largest absolute Gasteiger partial charge is 0.496 e. The van der Waals surface area contributed by atoms with Gasteiger partial charge in [-0.25, -0.2) is 4.79 Å². The van der Waals surface area contributed by atoms with Gasteiger partial charge in [0.15, 0.2) is 5.60 Å². The molecule has 1 unspecified atom stereocenters. The number of amides is 1. The van der Waals surface area contributed by atoms with Gasteiger partial charge >= 0.3 is 17.9 Å². The quantitative estimate of drug-likeness (QED) is 0.131. The predicted molar refractivity (Wildman–Crippen MR) is 221 cm³/mol. The smallest absolute Gasteiger partial charge is 0.341 e. The predicted octanol–water partition coefficient (Wildman–Crippen LogP) is 3.38. The van der Waals surface area contributed by atoms with Crippen LogP contribution in [0.25, 0.3) is 10.9 Å². The molecule has 60 heavy (non-hydrogen) atoms. The van der Waals surface area contributed by atoms with Crippen LogP contribution in [0, 0.1) is 17.3 Å². The third kappa shape index (κ3) is 5.07. The normalized spacial score (nSPS) is 36.5. The molecule has 1 amide bonds. The maximum atomic E-state index is 15.3. The number of ether oxygens (including phenoxy) is 4. The van der Waals surface area contributed by atoms with Crippen LogP contribution in [-0.4, -0.2) is 134 Å². The molecule has 6 heterocycles. The number of methoxy groups -OCH3 is 4. The molecule has 3 N–H and O–H groups in total. The summed E-state index contributed by atoms with van der Waals surface area (Å²) in [4.78, 5) is 67.3. The summed E-state index contributed by atoms with van der Waals surface area (Å²) in [5.41, 5.74) is -3.30. The van der Waals surface area contributed by atoms with E-state index < -0.39 is 63.4 Å². The second-order valence-corrected chi connectivity index (χ2v) is 18.1. The van der Waals surface area contributed by atoms with Gasteiger partial charge in [-0.3, -0.25) is 24.2 Å². The zero-order chi connectivity index (χ0) is 42.6. The number of carbonyl (C=O) groups is 4. The first kappa shape index (κ1) is 40.6. The number of aliphatic hydroxyl groups is 2. The number of carbonyl (C=O) groups excluding carboxylic acids is 4. The van der Waals surface area contributed by atoms with Gasteiger partial charge in [0.1, 0.15) is 17.1 Å². The number of aromatic nitrogens is 1. The first-order valence-corrected chi connectivity index (χ1v) is 21.2. The van der Waals surface area contributed by atoms with E-state index in [4.69, 9.17) is 18.9 Å². The van der Waals surface area contributed by atoms with E-state index in [9.17, 15) is 24.6 Å². The van der Waals surface area contributed by atoms with E-state index in [2.05, 4.69) is 20.9 Å². The van der Waals surface area contributed by atoms with Crippen molar-refractivity contribution in [1.82, 2.24) is 14.8 Å². The van der Waals surface area contributed by atoms with Crippen LogP contribution in [0.5, 0.6) is 5.75 Å². The first-order chi connectivity index (χ1) is 28.8. The van der Waals surface area contributed by atoms with E-state index >= 15 is 4.79 Å². The summed E-state index contributed by atoms with van der Waals surface area (Å²) >= 11 is 0. The lowest BCUT2D eigenvalue weighted by Gasteiger charge is -2.63. The molecule has 3 aromatic rings. The van der Waals surface area contributed by atoms with Crippen molar-refractivity contribution in [3.63, 3.8) is 0 Å². The maximum Gasteiger partial charge on any atom is 0.341 e. The van der Waals surface area contributed by atoms with Crippen LogP contribution in [-0.2, 0) is 50.6 Å². The number of nitrogens with one attached hydrogen (secondary N) is 1. The number of anilines is 1. The van der Waals surface area contributed by atoms with Crippen LogP contribution >= 0.6 is 0 Å². The third-order valence-electron chi connectivity index (χ3n) is 15.7. The first-order valence-electron chi connectivity index (χ1n) is 21.2. The van der Waals surface area contributed by atoms with Gasteiger partial charge < -0.3 is 39.0 Å². The molecule has 320 valence electrons. The van der Waals surface area contributed by atoms with Crippen molar-refractivity contribution in [3.05, 3.63) is 70.9 Å². The van der Waals surface area contributed by atoms with Gasteiger partial charge in [-0.1, -0.05) is 44.2 Å². The molecule has 1 aromatic heterocycles. The summed E-state index contributed by atoms with van der Waals surface area (Å²) in [6.45, 7) is 6.87. The Kier molecular flexibility index (Phi) is 9.58. The number of esters is 3. The zero-order valence-electron chi connectivity index (χ0n) is 35.3. The van der Waals surface area contributed by atoms with Crippen LogP contribution in [0.4, 0.5) is 5.69 Å². The Hall–Kier alpha value is -4.76. The molecule has 2 saturated heterocycles. The van der Waals surface area contributed by atoms with Crippen LogP contribution in [0.3, 0.4) is 0 Å². The van der Waals surface area contributed by atoms with Gasteiger partial charge in [-0.05, 0) is 74.2 Å². The van der Waals surface area contributed by atoms with E-state index in [1.165, 1.54) is 33.3 Å². The van der Waals surface area contributed by atoms with E-state index in [1.807, 2.05) is 50.3 Å². The molecule has 3 fully saturated rings. The van der Waals surface area contributed by atoms with E-state index in [1.54, 1.807) is 6.07 Å². The number of benzene rings is 2. The molecule has 14 nitrogen and oxygen atoms in total. The van der Waals surface area contributed by atoms with Gasteiger partial charge in [0.05, 0.1) is 45.8 Å². The van der Waals surface area contributed by atoms with Gasteiger partial charge in [-0.2, -0.15) is 0 Å². The lowest BCUT2D eigenvalue weighted by atomic mass is 9.44. The standard InChI is InChI=1S/C46H56N4O10/c1-7-42(55)22-27-23-45(40(53)59-5,36-29(14-18-48(24-27)25-42)28-12-9-10-13-32(28)47-36)31-20-30-33(21-34(31)57-3)50(26-51)39-44(30)16-19-49-17-11-15-43(8-2,38(44)49)35(37(52)58-4)46(39,56)41(54)60-6/h9-13,15,20-21,26-27,35,38-39,47,55-56H,7-8,14,16-19,22-25H2,1-6H3/t27-,35-,38+,39-,42+,43+,44-,45+,46-/m1/s1. The summed E-state index contributed by atoms with van der Waals surface area (Å²) in [7, 11) is 5.31. The van der Waals surface area contributed by atoms with Crippen molar-refractivity contribution < 1.29 is 48.3 Å². The number of rotatable bonds is 8. The molecule has 2 bridgehead atoms. The number of piperidine rings is 1. The lowest BCUT2D eigenvalue weighted by molar-refractivity contribution is -0.210. The van der Waals surface area contributed by atoms with Crippen LogP contribution < -0.4 is 9.64 Å². The Morgan fingerprint density at radius 2 is 1.70 bits per heavy atom. The van der Waals surface area contributed by atoms with E-state index in [0.717, 1.165) is 16.5 Å². The Labute approximate surface area is 349 Å². The van der Waals surface area contributed by atoms with Crippen molar-refractivity contribution in [2.45, 2.75) is 86.5 Å². The van der Waals surface area contributed by atoms with Crippen LogP contribution in [0.15, 0.2) is 48.6 Å². The molecule has 1 aliphatic carbocycles. The highest BCUT2D eigenvalue weighted by atomic mass is 16.5. The van der Waals surface area contributed by atoms with Crippen molar-refractivity contribution in [3.8, 4) is 5.75 Å². The van der Waals surface area contributed by atoms with Gasteiger partial charge in [0, 0.05) is 71.3 Å². The number of hydrogen-bond acceptors (Lipinski definition) is 12. The van der Waals surface area contributed by atoms with Crippen LogP contribution in [0.2, 0.25) is 0 Å². The Bertz CT molecular complexity index is 2310. The molecule has 1 spiro atoms. The fourth-order valence-corrected chi connectivity index (χ4v) is 13.6. The number of hydrogen-bond donors (Lipinski definition) is 3. The molecule has 9 rings (SSSR count). The second-order valence-electron chi connectivity index (χ2n) is 18.1. The lowest BCUT2D eigenvalue weighted by Crippen LogP contribution is -2.80. The molecule has 6 aliphatic rings. The van der Waals surface area contributed by atoms with Crippen molar-refractivity contribution >= 4 is 40.9 Å². The van der Waals surface area contributed by atoms with Gasteiger partial charge in [-0.15, -0.1) is 0 Å². The summed E-state index contributed by atoms with van der Waals surface area (Å²) in [6, 6.07) is 9.90. The fourth-order valence-electron chi connectivity index (χ4n) is 13.6. The minimum absolute atomic E-state index is 0.159. The molecule has 0 radical (unpaired) electrons. The van der Waals surface area contributed by atoms with E-state index in [-0.39, 0.29) is 12.3 Å². The highest BCUT2D eigenvalue weighted by molar-refractivity contribution is 5.98. The topological polar surface area (TPSA) is 171 Å². The Morgan fingerprint density at radius 1 is 0.933 bits per heavy atom. The van der Waals surface area contributed by atoms with Crippen LogP contribution in [0.1, 0.15) is 68.3 Å². The summed E-state index contributed by atoms with van der Waals surface area (Å²) in [5, 5.41) is 26.3. The fraction of sp³-hybridized carbons (Fsp3) is 0.565. The molecule has 14 heteroatoms. The Balaban J connectivity index is 1.39. The molecule has 10 atom stereocenters. The number of nitrogens with zero attached hydrogens (tertiary/aromatic N) is 3. The average Bonchev–Trinajstić information content (AvgIpc) is 3.94. The van der Waals surface area contributed by atoms with Gasteiger partial charge in [0.25, 0.3) is 0 Å². The SMILES string of the molecule is CC[C@]1(O)C[C@H]2CN(CCc3c([nH]c4ccccc34)[C@@](C(=O)OC)(c3cc4c(cc3OC)N(C=O)[C@H]3[C@@](O)(C(=O)OC)[C@H](C(=O)OC)[C@]5(CC)C=CCN6CC[C@]43[C@@H]65)C2)C1. The minimum atomic E-state index is -2.57. The highest BCUT2D eigenvalue weighted by Crippen LogP contribution is 2.69. The highest BCUT2D eigenvalue weighted by Gasteiger charge is 2.81. The number of para-hydroxylation sites is 1. The van der Waals surface area contributed by atoms with E-state index in [0.29, 0.717) is 99.5 Å². The zero-order valence-corrected chi connectivity index (χ0v) is 35.3. The number of H-pyrrole nitrogens is 1. The van der Waals surface area contributed by atoms with Crippen molar-refractivity contribution in [2.75, 3.05) is 66.1 Å². The monoisotopic (exact) mass is 824 g/mol. The number of fused-ring (bicyclic) bond motifs is 6. The Morgan fingerprint density at radius 3 is 2.38 bits per heavy atom. The summed E-state index contributed by atoms with van der Waals surface area (Å²) in [5.74, 6) is -3.64. The second kappa shape index (κ2) is 14.1. The maximum absolute atomic E-state index is 15.3. The molecular weight excluding hydrogens is 769 g/mol. The molecule has 1 saturated carbocycles. The molecule has 5 aliphatic heterocycles. The van der Waals surface area contributed by atoms with Gasteiger partial charge in [0.2, 0.25) is 6.41 Å². The minimum Gasteiger partial charge on any atom is -0.496 e. The summed E-state index contributed by atoms with van der Waals surface area (Å²) in [6.07, 6.45) is 7.16.